The predicted octanol–water partition coefficient (Wildman–Crippen LogP) is 4.83. The number of nitrogens with one attached hydrogen (secondary N) is 1. The SMILES string of the molecule is O=C(NCCCCN1CCN(c2ccccc2Cl)CC1)c1ccc2ccccc2c1. The molecule has 0 aromatic heterocycles. The Balaban J connectivity index is 1.15. The maximum atomic E-state index is 12.4. The minimum absolute atomic E-state index is 0.00843. The van der Waals surface area contributed by atoms with Crippen molar-refractivity contribution < 1.29 is 4.79 Å². The highest BCUT2D eigenvalue weighted by Crippen LogP contribution is 2.26. The van der Waals surface area contributed by atoms with Crippen LogP contribution in [0.4, 0.5) is 5.69 Å². The van der Waals surface area contributed by atoms with E-state index >= 15 is 0 Å². The lowest BCUT2D eigenvalue weighted by Crippen LogP contribution is -2.46. The summed E-state index contributed by atoms with van der Waals surface area (Å²) in [5.41, 5.74) is 1.86. The normalized spacial score (nSPS) is 14.8. The number of hydrogen-bond donors (Lipinski definition) is 1. The van der Waals surface area contributed by atoms with Crippen LogP contribution in [0.25, 0.3) is 10.8 Å². The molecule has 0 saturated carbocycles. The average molecular weight is 422 g/mol. The van der Waals surface area contributed by atoms with Crippen LogP contribution in [0.2, 0.25) is 5.02 Å². The van der Waals surface area contributed by atoms with E-state index in [-0.39, 0.29) is 5.91 Å². The van der Waals surface area contributed by atoms with Gasteiger partial charge in [0.1, 0.15) is 0 Å². The molecule has 1 heterocycles. The Morgan fingerprint density at radius 2 is 1.60 bits per heavy atom. The molecule has 1 N–H and O–H groups in total. The summed E-state index contributed by atoms with van der Waals surface area (Å²) in [6.07, 6.45) is 2.08. The molecule has 0 spiro atoms. The Morgan fingerprint density at radius 1 is 0.867 bits per heavy atom. The Morgan fingerprint density at radius 3 is 2.40 bits per heavy atom. The molecule has 1 saturated heterocycles. The first-order chi connectivity index (χ1) is 14.7. The van der Waals surface area contributed by atoms with Gasteiger partial charge in [0.15, 0.2) is 0 Å². The standard InChI is InChI=1S/C25H28ClN3O/c26-23-9-3-4-10-24(23)29-17-15-28(16-18-29)14-6-5-13-27-25(30)22-12-11-20-7-1-2-8-21(20)19-22/h1-4,7-12,19H,5-6,13-18H2,(H,27,30). The van der Waals surface area contributed by atoms with Crippen LogP contribution in [0.5, 0.6) is 0 Å². The molecule has 1 fully saturated rings. The maximum Gasteiger partial charge on any atom is 0.251 e. The predicted molar refractivity (Wildman–Crippen MR) is 126 cm³/mol. The zero-order chi connectivity index (χ0) is 20.8. The third-order valence-electron chi connectivity index (χ3n) is 5.76. The molecule has 1 aliphatic rings. The van der Waals surface area contributed by atoms with Crippen molar-refractivity contribution in [1.29, 1.82) is 0 Å². The maximum absolute atomic E-state index is 12.4. The number of halogens is 1. The molecule has 4 rings (SSSR count). The van der Waals surface area contributed by atoms with E-state index in [2.05, 4.69) is 27.2 Å². The van der Waals surface area contributed by atoms with Gasteiger partial charge in [-0.2, -0.15) is 0 Å². The molecule has 0 atom stereocenters. The van der Waals surface area contributed by atoms with Gasteiger partial charge in [0.25, 0.3) is 5.91 Å². The lowest BCUT2D eigenvalue weighted by Gasteiger charge is -2.36. The summed E-state index contributed by atoms with van der Waals surface area (Å²) < 4.78 is 0. The Hall–Kier alpha value is -2.56. The number of hydrogen-bond acceptors (Lipinski definition) is 3. The topological polar surface area (TPSA) is 35.6 Å². The van der Waals surface area contributed by atoms with Gasteiger partial charge in [-0.1, -0.05) is 54.1 Å². The first-order valence-corrected chi connectivity index (χ1v) is 11.1. The van der Waals surface area contributed by atoms with Crippen LogP contribution in [0.1, 0.15) is 23.2 Å². The van der Waals surface area contributed by atoms with E-state index in [9.17, 15) is 4.79 Å². The fraction of sp³-hybridized carbons (Fsp3) is 0.320. The summed E-state index contributed by atoms with van der Waals surface area (Å²) in [5.74, 6) is 0.00843. The van der Waals surface area contributed by atoms with Crippen LogP contribution in [0.3, 0.4) is 0 Å². The highest BCUT2D eigenvalue weighted by Gasteiger charge is 2.18. The molecule has 0 bridgehead atoms. The van der Waals surface area contributed by atoms with Gasteiger partial charge in [-0.25, -0.2) is 0 Å². The number of para-hydroxylation sites is 1. The number of rotatable bonds is 7. The molecule has 1 amide bonds. The van der Waals surface area contributed by atoms with Crippen LogP contribution in [-0.4, -0.2) is 50.1 Å². The van der Waals surface area contributed by atoms with Crippen molar-refractivity contribution in [1.82, 2.24) is 10.2 Å². The highest BCUT2D eigenvalue weighted by atomic mass is 35.5. The van der Waals surface area contributed by atoms with Gasteiger partial charge in [-0.15, -0.1) is 0 Å². The van der Waals surface area contributed by atoms with Gasteiger partial charge in [-0.05, 0) is 54.4 Å². The molecule has 156 valence electrons. The number of carbonyl (C=O) groups excluding carboxylic acids is 1. The number of fused-ring (bicyclic) bond motifs is 1. The van der Waals surface area contributed by atoms with Crippen LogP contribution < -0.4 is 10.2 Å². The summed E-state index contributed by atoms with van der Waals surface area (Å²) in [7, 11) is 0. The molecule has 0 radical (unpaired) electrons. The third-order valence-corrected chi connectivity index (χ3v) is 6.08. The van der Waals surface area contributed by atoms with E-state index in [1.807, 2.05) is 54.6 Å². The number of nitrogens with zero attached hydrogens (tertiary/aromatic N) is 2. The molecular weight excluding hydrogens is 394 g/mol. The fourth-order valence-electron chi connectivity index (χ4n) is 4.02. The average Bonchev–Trinajstić information content (AvgIpc) is 2.79. The number of unbranched alkanes of at least 4 members (excludes halogenated alkanes) is 1. The van der Waals surface area contributed by atoms with Gasteiger partial charge in [-0.3, -0.25) is 9.69 Å². The molecule has 4 nitrogen and oxygen atoms in total. The number of anilines is 1. The van der Waals surface area contributed by atoms with Gasteiger partial charge in [0.2, 0.25) is 0 Å². The highest BCUT2D eigenvalue weighted by molar-refractivity contribution is 6.33. The molecule has 3 aromatic rings. The first-order valence-electron chi connectivity index (χ1n) is 10.7. The van der Waals surface area contributed by atoms with E-state index in [0.29, 0.717) is 6.54 Å². The van der Waals surface area contributed by atoms with Crippen molar-refractivity contribution in [2.75, 3.05) is 44.2 Å². The molecule has 1 aliphatic heterocycles. The van der Waals surface area contributed by atoms with Gasteiger partial charge >= 0.3 is 0 Å². The summed E-state index contributed by atoms with van der Waals surface area (Å²) in [5, 5.41) is 6.14. The van der Waals surface area contributed by atoms with Crippen molar-refractivity contribution in [3.8, 4) is 0 Å². The second-order valence-corrected chi connectivity index (χ2v) is 8.21. The van der Waals surface area contributed by atoms with Crippen molar-refractivity contribution in [3.63, 3.8) is 0 Å². The smallest absolute Gasteiger partial charge is 0.251 e. The number of carbonyl (C=O) groups is 1. The van der Waals surface area contributed by atoms with E-state index in [1.54, 1.807) is 0 Å². The van der Waals surface area contributed by atoms with Gasteiger partial charge in [0, 0.05) is 38.3 Å². The van der Waals surface area contributed by atoms with Crippen molar-refractivity contribution >= 4 is 34.0 Å². The van der Waals surface area contributed by atoms with E-state index < -0.39 is 0 Å². The summed E-state index contributed by atoms with van der Waals surface area (Å²) in [6.45, 7) is 5.89. The molecule has 3 aromatic carbocycles. The molecule has 30 heavy (non-hydrogen) atoms. The monoisotopic (exact) mass is 421 g/mol. The summed E-state index contributed by atoms with van der Waals surface area (Å²) in [4.78, 5) is 17.3. The van der Waals surface area contributed by atoms with Crippen LogP contribution in [0.15, 0.2) is 66.7 Å². The van der Waals surface area contributed by atoms with E-state index in [1.165, 1.54) is 0 Å². The summed E-state index contributed by atoms with van der Waals surface area (Å²) >= 11 is 6.32. The largest absolute Gasteiger partial charge is 0.368 e. The third kappa shape index (κ3) is 5.13. The Kier molecular flexibility index (Phi) is 6.88. The van der Waals surface area contributed by atoms with Crippen molar-refractivity contribution in [2.45, 2.75) is 12.8 Å². The summed E-state index contributed by atoms with van der Waals surface area (Å²) in [6, 6.07) is 22.0. The fourth-order valence-corrected chi connectivity index (χ4v) is 4.27. The zero-order valence-corrected chi connectivity index (χ0v) is 17.9. The Bertz CT molecular complexity index is 998. The van der Waals surface area contributed by atoms with Gasteiger partial charge < -0.3 is 10.2 Å². The second-order valence-electron chi connectivity index (χ2n) is 7.81. The van der Waals surface area contributed by atoms with E-state index in [0.717, 1.165) is 72.6 Å². The molecular formula is C25H28ClN3O. The van der Waals surface area contributed by atoms with Crippen molar-refractivity contribution in [3.05, 3.63) is 77.3 Å². The van der Waals surface area contributed by atoms with Gasteiger partial charge in [0.05, 0.1) is 10.7 Å². The molecule has 0 unspecified atom stereocenters. The lowest BCUT2D eigenvalue weighted by atomic mass is 10.1. The minimum atomic E-state index is 0.00843. The van der Waals surface area contributed by atoms with Crippen LogP contribution >= 0.6 is 11.6 Å². The zero-order valence-electron chi connectivity index (χ0n) is 17.2. The number of benzene rings is 3. The number of piperazine rings is 1. The Labute approximate surface area is 183 Å². The quantitative estimate of drug-likeness (QED) is 0.555. The van der Waals surface area contributed by atoms with E-state index in [4.69, 9.17) is 11.6 Å². The van der Waals surface area contributed by atoms with Crippen LogP contribution in [-0.2, 0) is 0 Å². The van der Waals surface area contributed by atoms with Crippen LogP contribution in [0, 0.1) is 0 Å². The minimum Gasteiger partial charge on any atom is -0.368 e. The second kappa shape index (κ2) is 9.96. The molecule has 0 aliphatic carbocycles. The van der Waals surface area contributed by atoms with Crippen molar-refractivity contribution in [2.24, 2.45) is 0 Å². The lowest BCUT2D eigenvalue weighted by molar-refractivity contribution is 0.0952. The number of amides is 1. The first kappa shape index (κ1) is 20.7. The molecule has 5 heteroatoms.